The smallest absolute Gasteiger partial charge is 0.0487 e. The Hall–Kier alpha value is -0.730. The number of hydrogen-bond acceptors (Lipinski definition) is 2. The predicted molar refractivity (Wildman–Crippen MR) is 68.5 cm³/mol. The van der Waals surface area contributed by atoms with E-state index in [1.54, 1.807) is 0 Å². The van der Waals surface area contributed by atoms with Gasteiger partial charge in [-0.25, -0.2) is 0 Å². The molecule has 0 amide bonds. The average molecular weight is 237 g/mol. The van der Waals surface area contributed by atoms with E-state index in [0.717, 1.165) is 31.1 Å². The summed E-state index contributed by atoms with van der Waals surface area (Å²) in [7, 11) is 0. The predicted octanol–water partition coefficient (Wildman–Crippen LogP) is 2.37. The quantitative estimate of drug-likeness (QED) is 0.744. The Bertz CT molecular complexity index is 417. The summed E-state index contributed by atoms with van der Waals surface area (Å²) >= 11 is 6.40. The highest BCUT2D eigenvalue weighted by Crippen LogP contribution is 2.37. The van der Waals surface area contributed by atoms with Crippen molar-refractivity contribution < 1.29 is 0 Å². The number of halogens is 1. The van der Waals surface area contributed by atoms with Crippen LogP contribution in [0, 0.1) is 6.92 Å². The number of piperazine rings is 1. The fraction of sp³-hybridized carbons (Fsp3) is 0.538. The molecule has 0 bridgehead atoms. The van der Waals surface area contributed by atoms with E-state index in [1.807, 2.05) is 0 Å². The van der Waals surface area contributed by atoms with Gasteiger partial charge in [0.25, 0.3) is 0 Å². The fourth-order valence-electron chi connectivity index (χ4n) is 2.88. The Balaban J connectivity index is 2.05. The van der Waals surface area contributed by atoms with Crippen LogP contribution in [0.15, 0.2) is 12.1 Å². The van der Waals surface area contributed by atoms with E-state index in [2.05, 4.69) is 29.3 Å². The molecule has 0 spiro atoms. The van der Waals surface area contributed by atoms with E-state index in [1.165, 1.54) is 23.2 Å². The lowest BCUT2D eigenvalue weighted by molar-refractivity contribution is 0.440. The molecule has 2 aliphatic rings. The average Bonchev–Trinajstić information content (AvgIpc) is 2.33. The number of nitrogens with one attached hydrogen (secondary N) is 1. The summed E-state index contributed by atoms with van der Waals surface area (Å²) in [4.78, 5) is 2.53. The SMILES string of the molecule is Cc1ccc2c(c1Cl)CCC1CNCCN21. The van der Waals surface area contributed by atoms with Gasteiger partial charge in [0.05, 0.1) is 0 Å². The second-order valence-electron chi connectivity index (χ2n) is 4.78. The van der Waals surface area contributed by atoms with Gasteiger partial charge in [-0.15, -0.1) is 0 Å². The van der Waals surface area contributed by atoms with Crippen molar-refractivity contribution in [3.8, 4) is 0 Å². The standard InChI is InChI=1S/C13H17ClN2/c1-9-2-5-12-11(13(9)14)4-3-10-8-15-6-7-16(10)12/h2,5,10,15H,3-4,6-8H2,1H3. The van der Waals surface area contributed by atoms with Crippen molar-refractivity contribution in [1.29, 1.82) is 0 Å². The van der Waals surface area contributed by atoms with Gasteiger partial charge in [0, 0.05) is 36.4 Å². The van der Waals surface area contributed by atoms with Crippen molar-refractivity contribution in [3.63, 3.8) is 0 Å². The first-order valence-corrected chi connectivity index (χ1v) is 6.40. The lowest BCUT2D eigenvalue weighted by Gasteiger charge is -2.42. The molecule has 3 heteroatoms. The molecule has 1 fully saturated rings. The summed E-state index contributed by atoms with van der Waals surface area (Å²) in [6.45, 7) is 5.40. The van der Waals surface area contributed by atoms with Crippen molar-refractivity contribution in [2.45, 2.75) is 25.8 Å². The number of aryl methyl sites for hydroxylation is 1. The molecule has 1 N–H and O–H groups in total. The number of rotatable bonds is 0. The topological polar surface area (TPSA) is 15.3 Å². The Labute approximate surface area is 102 Å². The Kier molecular flexibility index (Phi) is 2.56. The molecule has 1 saturated heterocycles. The van der Waals surface area contributed by atoms with Gasteiger partial charge in [0.2, 0.25) is 0 Å². The highest BCUT2D eigenvalue weighted by Gasteiger charge is 2.29. The minimum atomic E-state index is 0.667. The van der Waals surface area contributed by atoms with Crippen molar-refractivity contribution >= 4 is 17.3 Å². The first kappa shape index (κ1) is 10.4. The van der Waals surface area contributed by atoms with E-state index < -0.39 is 0 Å². The maximum absolute atomic E-state index is 6.40. The lowest BCUT2D eigenvalue weighted by atomic mass is 9.93. The second-order valence-corrected chi connectivity index (χ2v) is 5.16. The maximum Gasteiger partial charge on any atom is 0.0487 e. The number of anilines is 1. The molecule has 1 aromatic rings. The summed E-state index contributed by atoms with van der Waals surface area (Å²) < 4.78 is 0. The van der Waals surface area contributed by atoms with Crippen molar-refractivity contribution in [1.82, 2.24) is 5.32 Å². The zero-order chi connectivity index (χ0) is 11.1. The molecule has 0 radical (unpaired) electrons. The zero-order valence-electron chi connectivity index (χ0n) is 9.59. The van der Waals surface area contributed by atoms with Crippen molar-refractivity contribution in [2.24, 2.45) is 0 Å². The van der Waals surface area contributed by atoms with E-state index in [4.69, 9.17) is 11.6 Å². The van der Waals surface area contributed by atoms with Crippen LogP contribution >= 0.6 is 11.6 Å². The van der Waals surface area contributed by atoms with E-state index in [9.17, 15) is 0 Å². The van der Waals surface area contributed by atoms with Crippen LogP contribution in [0.25, 0.3) is 0 Å². The first-order chi connectivity index (χ1) is 7.77. The number of nitrogens with zero attached hydrogens (tertiary/aromatic N) is 1. The van der Waals surface area contributed by atoms with Crippen LogP contribution in [-0.2, 0) is 6.42 Å². The molecule has 0 saturated carbocycles. The third kappa shape index (κ3) is 1.52. The van der Waals surface area contributed by atoms with Gasteiger partial charge in [-0.3, -0.25) is 0 Å². The molecule has 3 rings (SSSR count). The Morgan fingerprint density at radius 2 is 2.31 bits per heavy atom. The van der Waals surface area contributed by atoms with Crippen LogP contribution in [0.5, 0.6) is 0 Å². The number of hydrogen-bond donors (Lipinski definition) is 1. The number of benzene rings is 1. The van der Waals surface area contributed by atoms with E-state index in [0.29, 0.717) is 6.04 Å². The van der Waals surface area contributed by atoms with Crippen LogP contribution in [-0.4, -0.2) is 25.7 Å². The summed E-state index contributed by atoms with van der Waals surface area (Å²) in [5.41, 5.74) is 3.93. The van der Waals surface area contributed by atoms with Crippen LogP contribution in [0.2, 0.25) is 5.02 Å². The van der Waals surface area contributed by atoms with Crippen molar-refractivity contribution in [2.75, 3.05) is 24.5 Å². The van der Waals surface area contributed by atoms with Gasteiger partial charge in [-0.1, -0.05) is 17.7 Å². The van der Waals surface area contributed by atoms with Gasteiger partial charge in [-0.05, 0) is 37.0 Å². The summed E-state index contributed by atoms with van der Waals surface area (Å²) in [5, 5.41) is 4.45. The largest absolute Gasteiger partial charge is 0.366 e. The van der Waals surface area contributed by atoms with Crippen molar-refractivity contribution in [3.05, 3.63) is 28.3 Å². The number of fused-ring (bicyclic) bond motifs is 3. The van der Waals surface area contributed by atoms with Gasteiger partial charge < -0.3 is 10.2 Å². The third-order valence-corrected chi connectivity index (χ3v) is 4.32. The highest BCUT2D eigenvalue weighted by molar-refractivity contribution is 6.32. The Morgan fingerprint density at radius 3 is 3.19 bits per heavy atom. The molecule has 2 nitrogen and oxygen atoms in total. The molecule has 86 valence electrons. The van der Waals surface area contributed by atoms with Gasteiger partial charge in [0.15, 0.2) is 0 Å². The molecule has 1 unspecified atom stereocenters. The fourth-order valence-corrected chi connectivity index (χ4v) is 3.14. The molecule has 1 aromatic carbocycles. The third-order valence-electron chi connectivity index (χ3n) is 3.80. The molecular weight excluding hydrogens is 220 g/mol. The van der Waals surface area contributed by atoms with Crippen LogP contribution < -0.4 is 10.2 Å². The lowest BCUT2D eigenvalue weighted by Crippen LogP contribution is -2.53. The van der Waals surface area contributed by atoms with Gasteiger partial charge >= 0.3 is 0 Å². The summed E-state index contributed by atoms with van der Waals surface area (Å²) in [5.74, 6) is 0. The van der Waals surface area contributed by atoms with E-state index in [-0.39, 0.29) is 0 Å². The first-order valence-electron chi connectivity index (χ1n) is 6.02. The second kappa shape index (κ2) is 3.94. The molecular formula is C13H17ClN2. The highest BCUT2D eigenvalue weighted by atomic mass is 35.5. The van der Waals surface area contributed by atoms with Gasteiger partial charge in [-0.2, -0.15) is 0 Å². The van der Waals surface area contributed by atoms with Crippen LogP contribution in [0.3, 0.4) is 0 Å². The summed E-state index contributed by atoms with van der Waals surface area (Å²) in [6, 6.07) is 5.06. The molecule has 1 atom stereocenters. The maximum atomic E-state index is 6.40. The molecule has 2 heterocycles. The van der Waals surface area contributed by atoms with Crippen LogP contribution in [0.4, 0.5) is 5.69 Å². The minimum Gasteiger partial charge on any atom is -0.366 e. The summed E-state index contributed by atoms with van der Waals surface area (Å²) in [6.07, 6.45) is 2.35. The van der Waals surface area contributed by atoms with Crippen LogP contribution in [0.1, 0.15) is 17.5 Å². The van der Waals surface area contributed by atoms with Gasteiger partial charge in [0.1, 0.15) is 0 Å². The zero-order valence-corrected chi connectivity index (χ0v) is 10.3. The molecule has 0 aliphatic carbocycles. The normalized spacial score (nSPS) is 23.9. The minimum absolute atomic E-state index is 0.667. The Morgan fingerprint density at radius 1 is 1.44 bits per heavy atom. The monoisotopic (exact) mass is 236 g/mol. The molecule has 0 aromatic heterocycles. The van der Waals surface area contributed by atoms with E-state index >= 15 is 0 Å². The molecule has 2 aliphatic heterocycles. The molecule has 16 heavy (non-hydrogen) atoms.